The Balaban J connectivity index is 2.29. The molecule has 0 saturated heterocycles. The van der Waals surface area contributed by atoms with Crippen LogP contribution in [0.5, 0.6) is 0 Å². The molecule has 2 rings (SSSR count). The van der Waals surface area contributed by atoms with Crippen molar-refractivity contribution >= 4 is 28.6 Å². The third kappa shape index (κ3) is 3.13. The van der Waals surface area contributed by atoms with Crippen LogP contribution in [0.3, 0.4) is 0 Å². The van der Waals surface area contributed by atoms with Gasteiger partial charge in [0.15, 0.2) is 0 Å². The van der Waals surface area contributed by atoms with Gasteiger partial charge in [-0.15, -0.1) is 0 Å². The first-order chi connectivity index (χ1) is 8.65. The fourth-order valence-electron chi connectivity index (χ4n) is 1.57. The van der Waals surface area contributed by atoms with E-state index in [-0.39, 0.29) is 5.96 Å². The van der Waals surface area contributed by atoms with Crippen molar-refractivity contribution in [1.82, 2.24) is 0 Å². The zero-order valence-corrected chi connectivity index (χ0v) is 9.82. The Labute approximate surface area is 105 Å². The third-order valence-corrected chi connectivity index (χ3v) is 2.36. The molecule has 0 atom stereocenters. The van der Waals surface area contributed by atoms with Crippen LogP contribution in [0.1, 0.15) is 0 Å². The highest BCUT2D eigenvalue weighted by Crippen LogP contribution is 2.20. The maximum absolute atomic E-state index is 5.64. The van der Waals surface area contributed by atoms with E-state index in [0.717, 1.165) is 16.5 Å². The average molecular weight is 241 g/mol. The number of hydrogen-bond acceptors (Lipinski definition) is 3. The van der Waals surface area contributed by atoms with E-state index in [4.69, 9.17) is 17.2 Å². The largest absolute Gasteiger partial charge is 0.368 e. The highest BCUT2D eigenvalue weighted by Gasteiger charge is 1.95. The predicted octanol–water partition coefficient (Wildman–Crippen LogP) is 1.10. The molecule has 0 amide bonds. The maximum Gasteiger partial charge on any atom is 0.220 e. The number of fused-ring (bicyclic) bond motifs is 1. The third-order valence-electron chi connectivity index (χ3n) is 2.36. The zero-order chi connectivity index (χ0) is 13.0. The molecule has 0 spiro atoms. The first-order valence-corrected chi connectivity index (χ1v) is 5.53. The van der Waals surface area contributed by atoms with Crippen molar-refractivity contribution in [1.29, 1.82) is 0 Å². The summed E-state index contributed by atoms with van der Waals surface area (Å²) in [7, 11) is 0. The second-order valence-corrected chi connectivity index (χ2v) is 3.86. The second-order valence-electron chi connectivity index (χ2n) is 3.86. The minimum absolute atomic E-state index is 0.131. The van der Waals surface area contributed by atoms with Crippen molar-refractivity contribution in [3.8, 4) is 0 Å². The highest BCUT2D eigenvalue weighted by atomic mass is 15.0. The summed E-state index contributed by atoms with van der Waals surface area (Å²) in [4.78, 5) is 8.02. The van der Waals surface area contributed by atoms with Gasteiger partial charge in [-0.1, -0.05) is 30.3 Å². The van der Waals surface area contributed by atoms with Crippen LogP contribution in [0.15, 0.2) is 52.4 Å². The number of guanidine groups is 1. The summed E-state index contributed by atoms with van der Waals surface area (Å²) in [5.74, 6) is 0.131. The summed E-state index contributed by atoms with van der Waals surface area (Å²) < 4.78 is 0. The van der Waals surface area contributed by atoms with Gasteiger partial charge < -0.3 is 17.2 Å². The van der Waals surface area contributed by atoms with Crippen molar-refractivity contribution in [2.24, 2.45) is 27.2 Å². The average Bonchev–Trinajstić information content (AvgIpc) is 2.36. The number of benzene rings is 2. The fraction of sp³-hybridized carbons (Fsp3) is 0.0769. The van der Waals surface area contributed by atoms with E-state index in [9.17, 15) is 0 Å². The van der Waals surface area contributed by atoms with Crippen molar-refractivity contribution < 1.29 is 0 Å². The molecule has 0 aliphatic carbocycles. The summed E-state index contributed by atoms with van der Waals surface area (Å²) in [6.07, 6.45) is 0.718. The minimum atomic E-state index is -0.629. The van der Waals surface area contributed by atoms with E-state index in [1.54, 1.807) is 0 Å². The van der Waals surface area contributed by atoms with Gasteiger partial charge in [-0.2, -0.15) is 0 Å². The number of rotatable bonds is 2. The molecular weight excluding hydrogens is 226 g/mol. The molecule has 0 unspecified atom stereocenters. The van der Waals surface area contributed by atoms with Crippen LogP contribution in [0.2, 0.25) is 0 Å². The van der Waals surface area contributed by atoms with Gasteiger partial charge in [-0.05, 0) is 22.9 Å². The molecule has 0 aliphatic rings. The van der Waals surface area contributed by atoms with Gasteiger partial charge in [0.05, 0.1) is 11.9 Å². The topological polar surface area (TPSA) is 103 Å². The summed E-state index contributed by atoms with van der Waals surface area (Å²) in [6, 6.07) is 13.8. The highest BCUT2D eigenvalue weighted by molar-refractivity contribution is 5.91. The van der Waals surface area contributed by atoms with Crippen LogP contribution in [0.25, 0.3) is 10.8 Å². The van der Waals surface area contributed by atoms with E-state index < -0.39 is 6.17 Å². The van der Waals surface area contributed by atoms with E-state index >= 15 is 0 Å². The lowest BCUT2D eigenvalue weighted by atomic mass is 10.1. The Kier molecular flexibility index (Phi) is 3.66. The summed E-state index contributed by atoms with van der Waals surface area (Å²) in [6.45, 7) is 0. The van der Waals surface area contributed by atoms with Crippen molar-refractivity contribution in [3.05, 3.63) is 42.5 Å². The van der Waals surface area contributed by atoms with Gasteiger partial charge in [-0.3, -0.25) is 0 Å². The summed E-state index contributed by atoms with van der Waals surface area (Å²) in [5, 5.41) is 2.26. The number of nitrogens with zero attached hydrogens (tertiary/aromatic N) is 2. The van der Waals surface area contributed by atoms with E-state index in [0.29, 0.717) is 0 Å². The molecule has 0 bridgehead atoms. The van der Waals surface area contributed by atoms with Gasteiger partial charge in [0.2, 0.25) is 5.96 Å². The van der Waals surface area contributed by atoms with Crippen LogP contribution in [-0.2, 0) is 0 Å². The molecule has 0 aromatic heterocycles. The Bertz CT molecular complexity index is 601. The Morgan fingerprint density at radius 1 is 1.06 bits per heavy atom. The smallest absolute Gasteiger partial charge is 0.220 e. The Hall–Kier alpha value is -2.24. The van der Waals surface area contributed by atoms with Gasteiger partial charge in [0.1, 0.15) is 0 Å². The SMILES string of the molecule is NC(N=CC(N)N)=Nc1ccc2ccccc2c1. The van der Waals surface area contributed by atoms with E-state index in [1.165, 1.54) is 6.21 Å². The van der Waals surface area contributed by atoms with Crippen LogP contribution >= 0.6 is 0 Å². The van der Waals surface area contributed by atoms with Crippen molar-refractivity contribution in [2.75, 3.05) is 0 Å². The molecule has 0 radical (unpaired) electrons. The van der Waals surface area contributed by atoms with Crippen LogP contribution < -0.4 is 17.2 Å². The molecule has 2 aromatic carbocycles. The molecule has 92 valence electrons. The van der Waals surface area contributed by atoms with Crippen molar-refractivity contribution in [3.63, 3.8) is 0 Å². The molecule has 6 N–H and O–H groups in total. The van der Waals surface area contributed by atoms with Gasteiger partial charge in [0.25, 0.3) is 0 Å². The Morgan fingerprint density at radius 2 is 1.78 bits per heavy atom. The molecule has 5 nitrogen and oxygen atoms in total. The van der Waals surface area contributed by atoms with Gasteiger partial charge in [0, 0.05) is 6.21 Å². The first-order valence-electron chi connectivity index (χ1n) is 5.53. The minimum Gasteiger partial charge on any atom is -0.368 e. The lowest BCUT2D eigenvalue weighted by Crippen LogP contribution is -2.32. The van der Waals surface area contributed by atoms with E-state index in [2.05, 4.69) is 9.98 Å². The molecule has 18 heavy (non-hydrogen) atoms. The molecular formula is C13H15N5. The molecule has 2 aromatic rings. The monoisotopic (exact) mass is 241 g/mol. The van der Waals surface area contributed by atoms with E-state index in [1.807, 2.05) is 42.5 Å². The fourth-order valence-corrected chi connectivity index (χ4v) is 1.57. The standard InChI is InChI=1S/C13H15N5/c14-12(15)8-17-13(16)18-11-6-5-9-3-1-2-4-10(9)7-11/h1-8,12H,14-15H2,(H2,16,18). The molecule has 0 saturated carbocycles. The number of nitrogens with two attached hydrogens (primary N) is 3. The van der Waals surface area contributed by atoms with Crippen LogP contribution in [-0.4, -0.2) is 18.3 Å². The first kappa shape index (κ1) is 12.2. The maximum atomic E-state index is 5.64. The summed E-state index contributed by atoms with van der Waals surface area (Å²) in [5.41, 5.74) is 17.0. The molecule has 0 heterocycles. The molecule has 0 fully saturated rings. The van der Waals surface area contributed by atoms with Gasteiger partial charge >= 0.3 is 0 Å². The zero-order valence-electron chi connectivity index (χ0n) is 9.82. The van der Waals surface area contributed by atoms with Crippen LogP contribution in [0, 0.1) is 0 Å². The lowest BCUT2D eigenvalue weighted by molar-refractivity contribution is 0.942. The van der Waals surface area contributed by atoms with Crippen molar-refractivity contribution in [2.45, 2.75) is 6.17 Å². The molecule has 0 aliphatic heterocycles. The number of aliphatic imine (C=N–C) groups is 2. The second kappa shape index (κ2) is 5.39. The number of hydrogen-bond donors (Lipinski definition) is 3. The molecule has 5 heteroatoms. The Morgan fingerprint density at radius 3 is 2.50 bits per heavy atom. The predicted molar refractivity (Wildman–Crippen MR) is 75.9 cm³/mol. The van der Waals surface area contributed by atoms with Crippen LogP contribution in [0.4, 0.5) is 5.69 Å². The normalized spacial score (nSPS) is 12.7. The van der Waals surface area contributed by atoms with Gasteiger partial charge in [-0.25, -0.2) is 9.98 Å². The summed E-state index contributed by atoms with van der Waals surface area (Å²) >= 11 is 0. The lowest BCUT2D eigenvalue weighted by Gasteiger charge is -2.00. The quantitative estimate of drug-likeness (QED) is 0.416.